The zero-order valence-corrected chi connectivity index (χ0v) is 22.8. The Morgan fingerprint density at radius 2 is 1.81 bits per heavy atom. The van der Waals surface area contributed by atoms with Gasteiger partial charge in [0.25, 0.3) is 0 Å². The predicted molar refractivity (Wildman–Crippen MR) is 151 cm³/mol. The maximum Gasteiger partial charge on any atom is 0.439 e. The number of nitrogens with one attached hydrogen (secondary N) is 3. The molecule has 10 nitrogen and oxygen atoms in total. The molecule has 3 N–H and O–H groups in total. The summed E-state index contributed by atoms with van der Waals surface area (Å²) in [5.74, 6) is 0.903. The van der Waals surface area contributed by atoms with Crippen molar-refractivity contribution in [3.05, 3.63) is 81.8 Å². The van der Waals surface area contributed by atoms with Crippen molar-refractivity contribution in [2.45, 2.75) is 51.4 Å². The van der Waals surface area contributed by atoms with E-state index in [1.54, 1.807) is 0 Å². The van der Waals surface area contributed by atoms with E-state index >= 15 is 0 Å². The van der Waals surface area contributed by atoms with Crippen molar-refractivity contribution in [2.24, 2.45) is 5.92 Å². The zero-order chi connectivity index (χ0) is 29.3. The van der Waals surface area contributed by atoms with Crippen LogP contribution in [0.1, 0.15) is 42.9 Å². The Balaban J connectivity index is 1.42. The van der Waals surface area contributed by atoms with E-state index in [1.165, 1.54) is 18.6 Å². The van der Waals surface area contributed by atoms with E-state index in [0.717, 1.165) is 37.0 Å². The highest BCUT2D eigenvalue weighted by atomic mass is 19.4. The quantitative estimate of drug-likeness (QED) is 0.199. The molecule has 3 heterocycles. The zero-order valence-electron chi connectivity index (χ0n) is 22.8. The van der Waals surface area contributed by atoms with Crippen molar-refractivity contribution < 1.29 is 17.7 Å². The lowest BCUT2D eigenvalue weighted by Gasteiger charge is -2.32. The van der Waals surface area contributed by atoms with Crippen LogP contribution in [0.3, 0.4) is 0 Å². The van der Waals surface area contributed by atoms with E-state index in [2.05, 4.69) is 37.2 Å². The number of aromatic amines is 1. The highest BCUT2D eigenvalue weighted by Gasteiger charge is 2.30. The van der Waals surface area contributed by atoms with Gasteiger partial charge in [0.05, 0.1) is 12.1 Å². The number of hydrogen-bond donors (Lipinski definition) is 3. The average Bonchev–Trinajstić information content (AvgIpc) is 3.51. The number of fused-ring (bicyclic) bond motifs is 1. The molecule has 0 saturated heterocycles. The molecule has 0 amide bonds. The maximum absolute atomic E-state index is 13.2. The van der Waals surface area contributed by atoms with Crippen molar-refractivity contribution >= 4 is 22.9 Å². The third kappa shape index (κ3) is 5.85. The van der Waals surface area contributed by atoms with Crippen LogP contribution in [0.4, 0.5) is 24.9 Å². The van der Waals surface area contributed by atoms with Crippen LogP contribution in [-0.2, 0) is 19.1 Å². The first-order valence-corrected chi connectivity index (χ1v) is 13.8. The molecule has 1 atom stereocenters. The van der Waals surface area contributed by atoms with E-state index < -0.39 is 17.5 Å². The molecule has 1 aliphatic rings. The molecule has 0 aliphatic heterocycles. The second-order valence-corrected chi connectivity index (χ2v) is 10.5. The van der Waals surface area contributed by atoms with Crippen molar-refractivity contribution in [2.75, 3.05) is 17.2 Å². The van der Waals surface area contributed by atoms with Crippen LogP contribution < -0.4 is 16.4 Å². The number of benzene rings is 2. The molecule has 5 aromatic rings. The summed E-state index contributed by atoms with van der Waals surface area (Å²) in [6.07, 6.45) is -0.328. The monoisotopic (exact) mass is 578 g/mol. The third-order valence-electron chi connectivity index (χ3n) is 7.64. The lowest BCUT2D eigenvalue weighted by Crippen LogP contribution is -2.31. The smallest absolute Gasteiger partial charge is 0.365 e. The van der Waals surface area contributed by atoms with Crippen LogP contribution >= 0.6 is 0 Å². The van der Waals surface area contributed by atoms with Crippen LogP contribution in [0.25, 0.3) is 22.8 Å². The number of H-pyrrole nitrogens is 1. The summed E-state index contributed by atoms with van der Waals surface area (Å²) >= 11 is 0. The number of nitrogens with zero attached hydrogens (tertiary/aromatic N) is 5. The summed E-state index contributed by atoms with van der Waals surface area (Å²) in [6.45, 7) is 2.86. The first-order chi connectivity index (χ1) is 20.2. The van der Waals surface area contributed by atoms with Gasteiger partial charge in [0.1, 0.15) is 5.52 Å². The first-order valence-electron chi connectivity index (χ1n) is 13.8. The fourth-order valence-corrected chi connectivity index (χ4v) is 5.08. The van der Waals surface area contributed by atoms with Crippen LogP contribution in [0.5, 0.6) is 0 Å². The van der Waals surface area contributed by atoms with Crippen molar-refractivity contribution in [3.63, 3.8) is 0 Å². The Bertz CT molecular complexity index is 1720. The minimum atomic E-state index is -4.43. The molecule has 1 fully saturated rings. The summed E-state index contributed by atoms with van der Waals surface area (Å²) in [4.78, 5) is 28.2. The summed E-state index contributed by atoms with van der Waals surface area (Å²) in [5.41, 5.74) is 1.99. The number of halogens is 3. The second-order valence-electron chi connectivity index (χ2n) is 10.5. The van der Waals surface area contributed by atoms with E-state index in [0.29, 0.717) is 41.0 Å². The lowest BCUT2D eigenvalue weighted by atomic mass is 9.80. The molecule has 3 aromatic heterocycles. The fourth-order valence-electron chi connectivity index (χ4n) is 5.08. The summed E-state index contributed by atoms with van der Waals surface area (Å²) < 4.78 is 46.2. The summed E-state index contributed by atoms with van der Waals surface area (Å²) in [5, 5.41) is 10.6. The van der Waals surface area contributed by atoms with E-state index in [-0.39, 0.29) is 24.2 Å². The lowest BCUT2D eigenvalue weighted by molar-refractivity contribution is -0.137. The number of rotatable bonds is 10. The average molecular weight is 579 g/mol. The highest BCUT2D eigenvalue weighted by molar-refractivity contribution is 5.87. The van der Waals surface area contributed by atoms with Gasteiger partial charge >= 0.3 is 11.9 Å². The Labute approximate surface area is 238 Å². The normalized spacial score (nSPS) is 14.6. The topological polar surface area (TPSA) is 127 Å². The fraction of sp³-hybridized carbons (Fsp3) is 0.345. The predicted octanol–water partition coefficient (Wildman–Crippen LogP) is 5.49. The van der Waals surface area contributed by atoms with Gasteiger partial charge in [-0.15, -0.1) is 0 Å². The van der Waals surface area contributed by atoms with Crippen molar-refractivity contribution in [3.8, 4) is 11.6 Å². The highest BCUT2D eigenvalue weighted by Crippen LogP contribution is 2.34. The Morgan fingerprint density at radius 3 is 2.45 bits per heavy atom. The number of imidazole rings is 1. The number of alkyl halides is 3. The van der Waals surface area contributed by atoms with E-state index in [1.807, 2.05) is 34.9 Å². The Hall–Kier alpha value is -4.68. The molecule has 2 aromatic carbocycles. The number of anilines is 2. The van der Waals surface area contributed by atoms with Gasteiger partial charge < -0.3 is 15.2 Å². The molecular formula is C29H29F3N8O2. The Kier molecular flexibility index (Phi) is 7.40. The standard InChI is InChI=1S/C29H29F3N8O2/c1-17(20-8-5-9-20)34-23-22-24(36-25(35-23)26-38-28(41)42-39-26)37-27(33-15-14-18-6-3-2-4-7-18)40(22)16-19-10-12-21(13-11-19)29(30,31)32/h2-4,6-7,10-13,17,20H,5,8-9,14-16H2,1H3,(H,38,39,41)(H2,33,34,35,36,37)/t17-/m1/s1. The van der Waals surface area contributed by atoms with Gasteiger partial charge in [-0.3, -0.25) is 9.51 Å². The summed E-state index contributed by atoms with van der Waals surface area (Å²) in [6, 6.07) is 15.1. The van der Waals surface area contributed by atoms with Crippen LogP contribution in [-0.4, -0.2) is 42.2 Å². The van der Waals surface area contributed by atoms with E-state index in [9.17, 15) is 18.0 Å². The van der Waals surface area contributed by atoms with Crippen LogP contribution in [0, 0.1) is 5.92 Å². The van der Waals surface area contributed by atoms with Crippen LogP contribution in [0.2, 0.25) is 0 Å². The number of aromatic nitrogens is 6. The minimum Gasteiger partial charge on any atom is -0.365 e. The maximum atomic E-state index is 13.2. The molecule has 13 heteroatoms. The summed E-state index contributed by atoms with van der Waals surface area (Å²) in [7, 11) is 0. The van der Waals surface area contributed by atoms with Gasteiger partial charge in [-0.05, 0) is 55.4 Å². The van der Waals surface area contributed by atoms with Crippen molar-refractivity contribution in [1.82, 2.24) is 29.7 Å². The second kappa shape index (κ2) is 11.3. The van der Waals surface area contributed by atoms with Gasteiger partial charge in [0.2, 0.25) is 17.6 Å². The molecular weight excluding hydrogens is 549 g/mol. The van der Waals surface area contributed by atoms with Gasteiger partial charge in [-0.2, -0.15) is 18.2 Å². The molecule has 0 radical (unpaired) electrons. The largest absolute Gasteiger partial charge is 0.439 e. The molecule has 42 heavy (non-hydrogen) atoms. The SMILES string of the molecule is C[C@@H](Nc1nc(-c2noc(=O)[nH]2)nc2nc(NCCc3ccccc3)n(Cc3ccc(C(F)(F)F)cc3)c12)C1CCC1. The first kappa shape index (κ1) is 27.5. The molecule has 218 valence electrons. The van der Waals surface area contributed by atoms with Crippen LogP contribution in [0.15, 0.2) is 63.9 Å². The van der Waals surface area contributed by atoms with Gasteiger partial charge in [0, 0.05) is 12.6 Å². The Morgan fingerprint density at radius 1 is 1.05 bits per heavy atom. The van der Waals surface area contributed by atoms with E-state index in [4.69, 9.17) is 9.97 Å². The molecule has 1 aliphatic carbocycles. The van der Waals surface area contributed by atoms with Crippen molar-refractivity contribution in [1.29, 1.82) is 0 Å². The third-order valence-corrected chi connectivity index (χ3v) is 7.64. The molecule has 0 unspecified atom stereocenters. The molecule has 0 bridgehead atoms. The molecule has 0 spiro atoms. The van der Waals surface area contributed by atoms with Gasteiger partial charge in [-0.1, -0.05) is 54.0 Å². The molecule has 1 saturated carbocycles. The van der Waals surface area contributed by atoms with Gasteiger partial charge in [0.15, 0.2) is 11.5 Å². The minimum absolute atomic E-state index is 0.0668. The van der Waals surface area contributed by atoms with Gasteiger partial charge in [-0.25, -0.2) is 14.8 Å². The number of hydrogen-bond acceptors (Lipinski definition) is 8. The molecule has 6 rings (SSSR count).